The summed E-state index contributed by atoms with van der Waals surface area (Å²) in [6, 6.07) is 0. The maximum atomic E-state index is 8.22. The first-order valence-corrected chi connectivity index (χ1v) is 13.2. The van der Waals surface area contributed by atoms with Gasteiger partial charge in [-0.3, -0.25) is 0 Å². The summed E-state index contributed by atoms with van der Waals surface area (Å²) in [5.41, 5.74) is 0.963. The SMILES string of the molecule is [2H]C([B])(C)CC[C@@]1(C)C(C)CCC2C1CC[C@@]1(C)C2CC[C@@H]1[C@H](C)CCCC(C)C. The molecular formula is C28H51B. The largest absolute Gasteiger partial charge is 0.0801 e. The summed E-state index contributed by atoms with van der Waals surface area (Å²) in [6.45, 7) is 17.0. The monoisotopic (exact) mass is 399 g/mol. The zero-order chi connectivity index (χ0) is 22.3. The molecule has 9 atom stereocenters. The predicted molar refractivity (Wildman–Crippen MR) is 129 cm³/mol. The van der Waals surface area contributed by atoms with E-state index < -0.39 is 5.79 Å². The van der Waals surface area contributed by atoms with Crippen LogP contribution in [0.3, 0.4) is 0 Å². The van der Waals surface area contributed by atoms with Crippen LogP contribution in [0.5, 0.6) is 0 Å². The molecular weight excluding hydrogens is 347 g/mol. The van der Waals surface area contributed by atoms with Gasteiger partial charge in [-0.05, 0) is 97.2 Å². The second kappa shape index (κ2) is 9.28. The van der Waals surface area contributed by atoms with Crippen LogP contribution in [0, 0.1) is 52.3 Å². The minimum Gasteiger partial charge on any atom is -0.0801 e. The lowest BCUT2D eigenvalue weighted by Crippen LogP contribution is -2.51. The Bertz CT molecular complexity index is 565. The Morgan fingerprint density at radius 3 is 2.31 bits per heavy atom. The lowest BCUT2D eigenvalue weighted by Gasteiger charge is -2.59. The summed E-state index contributed by atoms with van der Waals surface area (Å²) >= 11 is 0. The van der Waals surface area contributed by atoms with Gasteiger partial charge in [0.1, 0.15) is 0 Å². The maximum Gasteiger partial charge on any atom is 0.0695 e. The molecule has 0 spiro atoms. The Balaban J connectivity index is 1.72. The van der Waals surface area contributed by atoms with E-state index in [0.29, 0.717) is 10.8 Å². The van der Waals surface area contributed by atoms with Crippen molar-refractivity contribution in [2.24, 2.45) is 52.3 Å². The molecule has 2 radical (unpaired) electrons. The van der Waals surface area contributed by atoms with E-state index in [1.165, 1.54) is 57.8 Å². The van der Waals surface area contributed by atoms with Crippen molar-refractivity contribution in [1.82, 2.24) is 0 Å². The Labute approximate surface area is 186 Å². The Morgan fingerprint density at radius 1 is 0.931 bits per heavy atom. The quantitative estimate of drug-likeness (QED) is 0.358. The highest BCUT2D eigenvalue weighted by Crippen LogP contribution is 2.67. The number of hydrogen-bond acceptors (Lipinski definition) is 0. The van der Waals surface area contributed by atoms with Gasteiger partial charge in [-0.15, -0.1) is 0 Å². The molecule has 3 saturated carbocycles. The van der Waals surface area contributed by atoms with Gasteiger partial charge >= 0.3 is 0 Å². The Kier molecular flexibility index (Phi) is 7.13. The fraction of sp³-hybridized carbons (Fsp3) is 1.00. The standard InChI is InChI=1S/C28H51B/c1-19(2)9-8-10-20(3)24-13-14-25-23-12-11-21(4)27(6,17-15-22(5)29)26(23)16-18-28(24,25)7/h19-26H,8-18H2,1-7H3/t20-,21?,22?,23?,24-,25?,26?,27+,28-/m1/s1/i22D. The van der Waals surface area contributed by atoms with Crippen LogP contribution in [-0.2, 0) is 0 Å². The summed E-state index contributed by atoms with van der Waals surface area (Å²) in [4.78, 5) is 0. The van der Waals surface area contributed by atoms with Gasteiger partial charge in [0.05, 0.1) is 7.85 Å². The smallest absolute Gasteiger partial charge is 0.0695 e. The minimum atomic E-state index is -0.775. The van der Waals surface area contributed by atoms with E-state index in [1.807, 2.05) is 6.92 Å². The number of fused-ring (bicyclic) bond motifs is 3. The maximum absolute atomic E-state index is 8.22. The summed E-state index contributed by atoms with van der Waals surface area (Å²) < 4.78 is 8.22. The molecule has 0 aromatic carbocycles. The second-order valence-corrected chi connectivity index (χ2v) is 12.7. The summed E-state index contributed by atoms with van der Waals surface area (Å²) in [6.07, 6.45) is 14.9. The number of rotatable bonds is 8. The van der Waals surface area contributed by atoms with Gasteiger partial charge in [0, 0.05) is 1.37 Å². The average Bonchev–Trinajstić information content (AvgIpc) is 2.99. The Morgan fingerprint density at radius 2 is 1.66 bits per heavy atom. The summed E-state index contributed by atoms with van der Waals surface area (Å²) in [5.74, 6) is 5.42. The highest BCUT2D eigenvalue weighted by molar-refractivity contribution is 6.11. The third-order valence-electron chi connectivity index (χ3n) is 10.6. The van der Waals surface area contributed by atoms with Gasteiger partial charge in [-0.2, -0.15) is 0 Å². The van der Waals surface area contributed by atoms with Crippen molar-refractivity contribution in [3.63, 3.8) is 0 Å². The third-order valence-corrected chi connectivity index (χ3v) is 10.6. The molecule has 0 heterocycles. The van der Waals surface area contributed by atoms with Crippen molar-refractivity contribution in [3.05, 3.63) is 0 Å². The van der Waals surface area contributed by atoms with Crippen LogP contribution in [0.25, 0.3) is 0 Å². The molecule has 3 fully saturated rings. The summed E-state index contributed by atoms with van der Waals surface area (Å²) in [5, 5.41) is 0. The molecule has 1 heteroatoms. The average molecular weight is 400 g/mol. The van der Waals surface area contributed by atoms with E-state index in [4.69, 9.17) is 9.22 Å². The molecule has 5 unspecified atom stereocenters. The van der Waals surface area contributed by atoms with Crippen LogP contribution < -0.4 is 0 Å². The molecule has 0 nitrogen and oxygen atoms in total. The molecule has 0 N–H and O–H groups in total. The van der Waals surface area contributed by atoms with E-state index in [0.717, 1.165) is 54.3 Å². The van der Waals surface area contributed by atoms with Gasteiger partial charge in [0.25, 0.3) is 0 Å². The van der Waals surface area contributed by atoms with Crippen molar-refractivity contribution < 1.29 is 1.37 Å². The van der Waals surface area contributed by atoms with Gasteiger partial charge in [-0.25, -0.2) is 0 Å². The molecule has 0 aliphatic heterocycles. The van der Waals surface area contributed by atoms with Gasteiger partial charge in [0.2, 0.25) is 0 Å². The molecule has 0 aromatic rings. The topological polar surface area (TPSA) is 0 Å². The summed E-state index contributed by atoms with van der Waals surface area (Å²) in [7, 11) is 6.11. The van der Waals surface area contributed by atoms with Gasteiger partial charge < -0.3 is 0 Å². The van der Waals surface area contributed by atoms with Crippen LogP contribution in [0.1, 0.15) is 120 Å². The lowest BCUT2D eigenvalue weighted by atomic mass is 9.46. The Hall–Kier alpha value is 0.0649. The molecule has 29 heavy (non-hydrogen) atoms. The zero-order valence-corrected chi connectivity index (χ0v) is 20.9. The van der Waals surface area contributed by atoms with E-state index in [-0.39, 0.29) is 0 Å². The fourth-order valence-corrected chi connectivity index (χ4v) is 8.57. The molecule has 3 rings (SSSR count). The molecule has 0 saturated heterocycles. The van der Waals surface area contributed by atoms with Gasteiger partial charge in [0.15, 0.2) is 0 Å². The van der Waals surface area contributed by atoms with Crippen LogP contribution in [0.15, 0.2) is 0 Å². The third kappa shape index (κ3) is 4.65. The van der Waals surface area contributed by atoms with Crippen molar-refractivity contribution in [2.75, 3.05) is 0 Å². The zero-order valence-electron chi connectivity index (χ0n) is 21.9. The highest BCUT2D eigenvalue weighted by atomic mass is 14.6. The first-order valence-electron chi connectivity index (χ1n) is 13.7. The molecule has 0 bridgehead atoms. The van der Waals surface area contributed by atoms with Gasteiger partial charge in [-0.1, -0.05) is 79.9 Å². The normalized spacial score (nSPS) is 45.9. The van der Waals surface area contributed by atoms with Crippen LogP contribution in [-0.4, -0.2) is 7.85 Å². The van der Waals surface area contributed by atoms with Crippen LogP contribution >= 0.6 is 0 Å². The fourth-order valence-electron chi connectivity index (χ4n) is 8.57. The first-order chi connectivity index (χ1) is 13.9. The molecule has 0 amide bonds. The van der Waals surface area contributed by atoms with Crippen LogP contribution in [0.4, 0.5) is 0 Å². The van der Waals surface area contributed by atoms with Crippen molar-refractivity contribution in [2.45, 2.75) is 125 Å². The number of hydrogen-bond donors (Lipinski definition) is 0. The van der Waals surface area contributed by atoms with Crippen molar-refractivity contribution in [1.29, 1.82) is 0 Å². The van der Waals surface area contributed by atoms with E-state index in [1.54, 1.807) is 0 Å². The van der Waals surface area contributed by atoms with E-state index in [9.17, 15) is 0 Å². The second-order valence-electron chi connectivity index (χ2n) is 12.7. The van der Waals surface area contributed by atoms with E-state index >= 15 is 0 Å². The van der Waals surface area contributed by atoms with E-state index in [2.05, 4.69) is 41.5 Å². The van der Waals surface area contributed by atoms with Crippen LogP contribution in [0.2, 0.25) is 5.79 Å². The molecule has 0 aromatic heterocycles. The minimum absolute atomic E-state index is 0.382. The van der Waals surface area contributed by atoms with Crippen molar-refractivity contribution >= 4 is 7.85 Å². The predicted octanol–water partition coefficient (Wildman–Crippen LogP) is 8.70. The van der Waals surface area contributed by atoms with Crippen molar-refractivity contribution in [3.8, 4) is 0 Å². The first kappa shape index (κ1) is 22.3. The lowest BCUT2D eigenvalue weighted by molar-refractivity contribution is -0.100. The molecule has 3 aliphatic rings. The molecule has 166 valence electrons. The highest BCUT2D eigenvalue weighted by Gasteiger charge is 2.59. The molecule has 3 aliphatic carbocycles.